The van der Waals surface area contributed by atoms with E-state index in [1.54, 1.807) is 14.2 Å². The van der Waals surface area contributed by atoms with Crippen LogP contribution in [0.15, 0.2) is 97.1 Å². The Morgan fingerprint density at radius 1 is 0.533 bits per heavy atom. The average molecular weight is 393 g/mol. The van der Waals surface area contributed by atoms with Crippen molar-refractivity contribution in [2.24, 2.45) is 0 Å². The predicted octanol–water partition coefficient (Wildman–Crippen LogP) is 6.14. The first-order valence-corrected chi connectivity index (χ1v) is 10.0. The molecule has 0 spiro atoms. The van der Waals surface area contributed by atoms with Crippen LogP contribution in [0.2, 0.25) is 0 Å². The van der Waals surface area contributed by atoms with Crippen LogP contribution >= 0.6 is 0 Å². The van der Waals surface area contributed by atoms with Gasteiger partial charge in [-0.15, -0.1) is 0 Å². The molecule has 1 aliphatic heterocycles. The molecule has 1 aliphatic rings. The van der Waals surface area contributed by atoms with E-state index in [9.17, 15) is 0 Å². The molecule has 0 bridgehead atoms. The molecule has 0 saturated carbocycles. The number of fused-ring (bicyclic) bond motifs is 2. The zero-order valence-corrected chi connectivity index (χ0v) is 17.1. The minimum Gasteiger partial charge on any atom is -0.497 e. The molecule has 0 saturated heterocycles. The van der Waals surface area contributed by atoms with E-state index < -0.39 is 5.41 Å². The Morgan fingerprint density at radius 3 is 1.33 bits per heavy atom. The Morgan fingerprint density at radius 2 is 0.933 bits per heavy atom. The first-order valence-electron chi connectivity index (χ1n) is 10.0. The number of benzene rings is 4. The van der Waals surface area contributed by atoms with E-state index in [0.29, 0.717) is 0 Å². The van der Waals surface area contributed by atoms with Gasteiger partial charge in [0.15, 0.2) is 0 Å². The summed E-state index contributed by atoms with van der Waals surface area (Å²) >= 11 is 0. The van der Waals surface area contributed by atoms with Crippen LogP contribution in [0, 0.1) is 0 Å². The highest BCUT2D eigenvalue weighted by Crippen LogP contribution is 2.53. The molecule has 148 valence electrons. The lowest BCUT2D eigenvalue weighted by Gasteiger charge is -2.42. The van der Waals surface area contributed by atoms with Crippen LogP contribution in [0.4, 0.5) is 11.4 Å². The van der Waals surface area contributed by atoms with E-state index in [2.05, 4.69) is 78.1 Å². The molecule has 1 heterocycles. The van der Waals surface area contributed by atoms with Gasteiger partial charge in [0.25, 0.3) is 0 Å². The molecule has 3 heteroatoms. The van der Waals surface area contributed by atoms with Crippen molar-refractivity contribution < 1.29 is 9.47 Å². The fraction of sp³-hybridized carbons (Fsp3) is 0.111. The van der Waals surface area contributed by atoms with Crippen molar-refractivity contribution in [3.05, 3.63) is 119 Å². The maximum atomic E-state index is 5.44. The monoisotopic (exact) mass is 393 g/mol. The van der Waals surface area contributed by atoms with Gasteiger partial charge in [0.2, 0.25) is 0 Å². The van der Waals surface area contributed by atoms with Gasteiger partial charge < -0.3 is 14.8 Å². The van der Waals surface area contributed by atoms with Crippen molar-refractivity contribution in [2.45, 2.75) is 5.41 Å². The highest BCUT2D eigenvalue weighted by atomic mass is 16.5. The fourth-order valence-corrected chi connectivity index (χ4v) is 4.60. The van der Waals surface area contributed by atoms with Crippen molar-refractivity contribution in [1.82, 2.24) is 0 Å². The van der Waals surface area contributed by atoms with Gasteiger partial charge in [-0.3, -0.25) is 0 Å². The Labute approximate surface area is 176 Å². The number of nitrogens with one attached hydrogen (secondary N) is 1. The summed E-state index contributed by atoms with van der Waals surface area (Å²) in [5.41, 5.74) is 6.59. The highest BCUT2D eigenvalue weighted by Gasteiger charge is 2.43. The molecule has 0 radical (unpaired) electrons. The standard InChI is InChI=1S/C27H23NO2/c1-29-21-15-11-19(12-16-21)27(20-13-17-22(30-2)18-14-20)23-7-3-5-9-25(23)28-26-10-6-4-8-24(26)27/h3-18,28H,1-2H3. The lowest BCUT2D eigenvalue weighted by Crippen LogP contribution is -2.35. The number of hydrogen-bond acceptors (Lipinski definition) is 3. The van der Waals surface area contributed by atoms with Crippen LogP contribution in [0.25, 0.3) is 0 Å². The summed E-state index contributed by atoms with van der Waals surface area (Å²) in [7, 11) is 3.40. The topological polar surface area (TPSA) is 30.5 Å². The molecule has 3 nitrogen and oxygen atoms in total. The average Bonchev–Trinajstić information content (AvgIpc) is 2.83. The molecule has 30 heavy (non-hydrogen) atoms. The third-order valence-corrected chi connectivity index (χ3v) is 5.98. The number of methoxy groups -OCH3 is 2. The number of para-hydroxylation sites is 2. The zero-order chi connectivity index (χ0) is 20.6. The van der Waals surface area contributed by atoms with Gasteiger partial charge in [0, 0.05) is 11.4 Å². The second-order valence-electron chi connectivity index (χ2n) is 7.42. The fourth-order valence-electron chi connectivity index (χ4n) is 4.60. The maximum Gasteiger partial charge on any atom is 0.118 e. The minimum atomic E-state index is -0.461. The largest absolute Gasteiger partial charge is 0.497 e. The number of ether oxygens (including phenoxy) is 2. The van der Waals surface area contributed by atoms with Crippen LogP contribution in [0.3, 0.4) is 0 Å². The second kappa shape index (κ2) is 7.27. The Balaban J connectivity index is 1.89. The van der Waals surface area contributed by atoms with E-state index in [0.717, 1.165) is 22.9 Å². The number of hydrogen-bond donors (Lipinski definition) is 1. The quantitative estimate of drug-likeness (QED) is 0.398. The van der Waals surface area contributed by atoms with Crippen LogP contribution in [0.5, 0.6) is 11.5 Å². The van der Waals surface area contributed by atoms with Crippen LogP contribution in [0.1, 0.15) is 22.3 Å². The lowest BCUT2D eigenvalue weighted by molar-refractivity contribution is 0.414. The summed E-state index contributed by atoms with van der Waals surface area (Å²) in [4.78, 5) is 0. The summed E-state index contributed by atoms with van der Waals surface area (Å²) in [6.07, 6.45) is 0. The third-order valence-electron chi connectivity index (χ3n) is 5.98. The smallest absolute Gasteiger partial charge is 0.118 e. The molecular weight excluding hydrogens is 370 g/mol. The summed E-state index contributed by atoms with van der Waals surface area (Å²) in [5.74, 6) is 1.69. The van der Waals surface area contributed by atoms with Gasteiger partial charge in [-0.05, 0) is 58.7 Å². The first kappa shape index (κ1) is 18.3. The normalized spacial score (nSPS) is 13.5. The highest BCUT2D eigenvalue weighted by molar-refractivity contribution is 5.81. The van der Waals surface area contributed by atoms with Gasteiger partial charge in [-0.25, -0.2) is 0 Å². The summed E-state index contributed by atoms with van der Waals surface area (Å²) in [6.45, 7) is 0. The molecule has 4 aromatic rings. The summed E-state index contributed by atoms with van der Waals surface area (Å²) < 4.78 is 10.9. The second-order valence-corrected chi connectivity index (χ2v) is 7.42. The predicted molar refractivity (Wildman–Crippen MR) is 121 cm³/mol. The molecule has 1 N–H and O–H groups in total. The number of rotatable bonds is 4. The van der Waals surface area contributed by atoms with E-state index >= 15 is 0 Å². The van der Waals surface area contributed by atoms with E-state index in [1.807, 2.05) is 24.3 Å². The van der Waals surface area contributed by atoms with Gasteiger partial charge in [0.1, 0.15) is 11.5 Å². The van der Waals surface area contributed by atoms with Crippen LogP contribution in [-0.2, 0) is 5.41 Å². The van der Waals surface area contributed by atoms with Crippen molar-refractivity contribution in [3.8, 4) is 11.5 Å². The van der Waals surface area contributed by atoms with Gasteiger partial charge in [-0.1, -0.05) is 60.7 Å². The molecule has 0 atom stereocenters. The lowest BCUT2D eigenvalue weighted by atomic mass is 9.63. The molecule has 0 amide bonds. The van der Waals surface area contributed by atoms with Crippen molar-refractivity contribution in [3.63, 3.8) is 0 Å². The van der Waals surface area contributed by atoms with Crippen LogP contribution < -0.4 is 14.8 Å². The molecule has 0 unspecified atom stereocenters. The summed E-state index contributed by atoms with van der Waals surface area (Å²) in [5, 5.41) is 3.63. The molecule has 0 aliphatic carbocycles. The molecule has 4 aromatic carbocycles. The third kappa shape index (κ3) is 2.66. The van der Waals surface area contributed by atoms with Gasteiger partial charge in [0.05, 0.1) is 19.6 Å². The maximum absolute atomic E-state index is 5.44. The summed E-state index contributed by atoms with van der Waals surface area (Å²) in [6, 6.07) is 33.9. The molecular formula is C27H23NO2. The SMILES string of the molecule is COc1ccc(C2(c3ccc(OC)cc3)c3ccccc3Nc3ccccc32)cc1. The van der Waals surface area contributed by atoms with E-state index in [4.69, 9.17) is 9.47 Å². The van der Waals surface area contributed by atoms with Crippen LogP contribution in [-0.4, -0.2) is 14.2 Å². The van der Waals surface area contributed by atoms with E-state index in [-0.39, 0.29) is 0 Å². The van der Waals surface area contributed by atoms with Gasteiger partial charge >= 0.3 is 0 Å². The molecule has 5 rings (SSSR count). The molecule has 0 fully saturated rings. The Kier molecular flexibility index (Phi) is 4.44. The number of anilines is 2. The molecule has 0 aromatic heterocycles. The van der Waals surface area contributed by atoms with E-state index in [1.165, 1.54) is 22.3 Å². The Hall–Kier alpha value is -3.72. The van der Waals surface area contributed by atoms with Gasteiger partial charge in [-0.2, -0.15) is 0 Å². The first-order chi connectivity index (χ1) is 14.8. The minimum absolute atomic E-state index is 0.461. The zero-order valence-electron chi connectivity index (χ0n) is 17.1. The Bertz CT molecular complexity index is 1090. The van der Waals surface area contributed by atoms with Crippen molar-refractivity contribution >= 4 is 11.4 Å². The van der Waals surface area contributed by atoms with Crippen molar-refractivity contribution in [2.75, 3.05) is 19.5 Å². The van der Waals surface area contributed by atoms with Crippen molar-refractivity contribution in [1.29, 1.82) is 0 Å².